The van der Waals surface area contributed by atoms with Crippen LogP contribution in [0.4, 0.5) is 0 Å². The molecule has 0 heterocycles. The number of aromatic hydroxyl groups is 1. The van der Waals surface area contributed by atoms with Crippen molar-refractivity contribution in [3.8, 4) is 5.75 Å². The number of halogens is 2. The van der Waals surface area contributed by atoms with Crippen molar-refractivity contribution in [2.24, 2.45) is 5.73 Å². The van der Waals surface area contributed by atoms with Crippen LogP contribution < -0.4 is 5.73 Å². The molecule has 1 aromatic carbocycles. The standard InChI is InChI=1S/C10H12ClNO3.ClH/c1-15-9(13)5-8(12)6-3-2-4-7(11)10(6)14;/h2-4,8,14H,5,12H2,1H3;1H/t8-;/m1./s1. The number of phenols is 1. The molecule has 0 unspecified atom stereocenters. The number of hydrogen-bond donors (Lipinski definition) is 2. The Bertz CT molecular complexity index is 371. The van der Waals surface area contributed by atoms with Gasteiger partial charge in [-0.1, -0.05) is 23.7 Å². The molecule has 0 saturated heterocycles. The lowest BCUT2D eigenvalue weighted by Gasteiger charge is -2.12. The van der Waals surface area contributed by atoms with Gasteiger partial charge in [0.2, 0.25) is 0 Å². The number of methoxy groups -OCH3 is 1. The molecule has 16 heavy (non-hydrogen) atoms. The average Bonchev–Trinajstić information content (AvgIpc) is 2.21. The number of carbonyl (C=O) groups excluding carboxylic acids is 1. The van der Waals surface area contributed by atoms with Crippen molar-refractivity contribution < 1.29 is 14.6 Å². The zero-order chi connectivity index (χ0) is 11.4. The summed E-state index contributed by atoms with van der Waals surface area (Å²) < 4.78 is 4.48. The van der Waals surface area contributed by atoms with Gasteiger partial charge in [0.25, 0.3) is 0 Å². The van der Waals surface area contributed by atoms with Crippen LogP contribution in [-0.2, 0) is 9.53 Å². The highest BCUT2D eigenvalue weighted by Gasteiger charge is 2.16. The second-order valence-corrected chi connectivity index (χ2v) is 3.47. The molecule has 1 atom stereocenters. The van der Waals surface area contributed by atoms with E-state index in [-0.39, 0.29) is 29.6 Å². The molecule has 3 N–H and O–H groups in total. The smallest absolute Gasteiger partial charge is 0.307 e. The summed E-state index contributed by atoms with van der Waals surface area (Å²) in [5, 5.41) is 9.81. The second-order valence-electron chi connectivity index (χ2n) is 3.06. The van der Waals surface area contributed by atoms with E-state index in [1.54, 1.807) is 18.2 Å². The zero-order valence-corrected chi connectivity index (χ0v) is 10.2. The minimum absolute atomic E-state index is 0. The molecular formula is C10H13Cl2NO3. The highest BCUT2D eigenvalue weighted by molar-refractivity contribution is 6.32. The molecule has 0 radical (unpaired) electrons. The first-order valence-electron chi connectivity index (χ1n) is 4.36. The van der Waals surface area contributed by atoms with E-state index in [2.05, 4.69) is 4.74 Å². The van der Waals surface area contributed by atoms with E-state index in [1.807, 2.05) is 0 Å². The molecule has 0 aliphatic heterocycles. The van der Waals surface area contributed by atoms with Crippen molar-refractivity contribution >= 4 is 30.0 Å². The first-order chi connectivity index (χ1) is 7.06. The molecule has 4 nitrogen and oxygen atoms in total. The summed E-state index contributed by atoms with van der Waals surface area (Å²) in [5.41, 5.74) is 6.16. The molecule has 90 valence electrons. The summed E-state index contributed by atoms with van der Waals surface area (Å²) in [6.07, 6.45) is 0.00437. The Kier molecular flexibility index (Phi) is 6.18. The third-order valence-corrected chi connectivity index (χ3v) is 2.34. The third-order valence-electron chi connectivity index (χ3n) is 2.03. The van der Waals surface area contributed by atoms with Gasteiger partial charge in [-0.2, -0.15) is 0 Å². The first kappa shape index (κ1) is 15.0. The molecule has 0 saturated carbocycles. The Morgan fingerprint density at radius 1 is 1.62 bits per heavy atom. The lowest BCUT2D eigenvalue weighted by molar-refractivity contribution is -0.141. The summed E-state index contributed by atoms with van der Waals surface area (Å²) in [7, 11) is 1.28. The molecule has 0 aliphatic rings. The summed E-state index contributed by atoms with van der Waals surface area (Å²) in [6.45, 7) is 0. The normalized spacial score (nSPS) is 11.4. The second kappa shape index (κ2) is 6.58. The fourth-order valence-electron chi connectivity index (χ4n) is 1.20. The molecule has 0 aromatic heterocycles. The maximum absolute atomic E-state index is 11.0. The number of esters is 1. The molecule has 1 rings (SSSR count). The number of nitrogens with two attached hydrogens (primary N) is 1. The Balaban J connectivity index is 0.00000225. The van der Waals surface area contributed by atoms with Crippen molar-refractivity contribution in [2.45, 2.75) is 12.5 Å². The molecule has 1 aromatic rings. The van der Waals surface area contributed by atoms with Gasteiger partial charge in [-0.15, -0.1) is 12.4 Å². The average molecular weight is 266 g/mol. The summed E-state index contributed by atoms with van der Waals surface area (Å²) >= 11 is 5.71. The van der Waals surface area contributed by atoms with Crippen molar-refractivity contribution in [1.82, 2.24) is 0 Å². The maximum atomic E-state index is 11.0. The van der Waals surface area contributed by atoms with Crippen molar-refractivity contribution in [1.29, 1.82) is 0 Å². The lowest BCUT2D eigenvalue weighted by atomic mass is 10.0. The van der Waals surface area contributed by atoms with Crippen LogP contribution in [0.2, 0.25) is 5.02 Å². The van der Waals surface area contributed by atoms with Crippen LogP contribution >= 0.6 is 24.0 Å². The summed E-state index contributed by atoms with van der Waals surface area (Å²) in [6, 6.07) is 4.21. The van der Waals surface area contributed by atoms with E-state index in [1.165, 1.54) is 7.11 Å². The Morgan fingerprint density at radius 2 is 2.25 bits per heavy atom. The Labute approximate surface area is 105 Å². The topological polar surface area (TPSA) is 72.5 Å². The maximum Gasteiger partial charge on any atom is 0.307 e. The van der Waals surface area contributed by atoms with Crippen LogP contribution in [0, 0.1) is 0 Å². The monoisotopic (exact) mass is 265 g/mol. The fraction of sp³-hybridized carbons (Fsp3) is 0.300. The van der Waals surface area contributed by atoms with Gasteiger partial charge < -0.3 is 15.6 Å². The van der Waals surface area contributed by atoms with Gasteiger partial charge in [0.05, 0.1) is 18.6 Å². The number of benzene rings is 1. The first-order valence-corrected chi connectivity index (χ1v) is 4.73. The van der Waals surface area contributed by atoms with Crippen LogP contribution in [0.5, 0.6) is 5.75 Å². The Morgan fingerprint density at radius 3 is 2.81 bits per heavy atom. The van der Waals surface area contributed by atoms with E-state index in [0.717, 1.165) is 0 Å². The quantitative estimate of drug-likeness (QED) is 0.821. The van der Waals surface area contributed by atoms with Crippen LogP contribution in [0.15, 0.2) is 18.2 Å². The van der Waals surface area contributed by atoms with E-state index in [4.69, 9.17) is 17.3 Å². The number of rotatable bonds is 3. The van der Waals surface area contributed by atoms with Crippen LogP contribution in [0.3, 0.4) is 0 Å². The van der Waals surface area contributed by atoms with E-state index >= 15 is 0 Å². The molecule has 0 fully saturated rings. The van der Waals surface area contributed by atoms with Crippen molar-refractivity contribution in [3.63, 3.8) is 0 Å². The van der Waals surface area contributed by atoms with Gasteiger partial charge in [-0.05, 0) is 6.07 Å². The predicted octanol–water partition coefficient (Wildman–Crippen LogP) is 2.03. The van der Waals surface area contributed by atoms with Gasteiger partial charge in [0.1, 0.15) is 5.75 Å². The van der Waals surface area contributed by atoms with Crippen LogP contribution in [0.1, 0.15) is 18.0 Å². The van der Waals surface area contributed by atoms with Gasteiger partial charge in [-0.3, -0.25) is 4.79 Å². The Hall–Kier alpha value is -0.970. The van der Waals surface area contributed by atoms with Gasteiger partial charge in [-0.25, -0.2) is 0 Å². The largest absolute Gasteiger partial charge is 0.506 e. The van der Waals surface area contributed by atoms with E-state index in [0.29, 0.717) is 5.56 Å². The molecule has 0 aliphatic carbocycles. The number of phenolic OH excluding ortho intramolecular Hbond substituents is 1. The van der Waals surface area contributed by atoms with Gasteiger partial charge >= 0.3 is 5.97 Å². The lowest BCUT2D eigenvalue weighted by Crippen LogP contribution is -2.16. The molecule has 6 heteroatoms. The van der Waals surface area contributed by atoms with Gasteiger partial charge in [0.15, 0.2) is 0 Å². The SMILES string of the molecule is COC(=O)C[C@@H](N)c1cccc(Cl)c1O.Cl. The fourth-order valence-corrected chi connectivity index (χ4v) is 1.39. The van der Waals surface area contributed by atoms with Crippen molar-refractivity contribution in [3.05, 3.63) is 28.8 Å². The van der Waals surface area contributed by atoms with E-state index in [9.17, 15) is 9.90 Å². The highest BCUT2D eigenvalue weighted by Crippen LogP contribution is 2.31. The summed E-state index contributed by atoms with van der Waals surface area (Å²) in [5.74, 6) is -0.516. The van der Waals surface area contributed by atoms with Crippen molar-refractivity contribution in [2.75, 3.05) is 7.11 Å². The predicted molar refractivity (Wildman–Crippen MR) is 63.9 cm³/mol. The zero-order valence-electron chi connectivity index (χ0n) is 8.64. The number of para-hydroxylation sites is 1. The third kappa shape index (κ3) is 3.56. The minimum atomic E-state index is -0.615. The molecule has 0 amide bonds. The van der Waals surface area contributed by atoms with Crippen LogP contribution in [0.25, 0.3) is 0 Å². The molecular weight excluding hydrogens is 253 g/mol. The minimum Gasteiger partial charge on any atom is -0.506 e. The summed E-state index contributed by atoms with van der Waals surface area (Å²) in [4.78, 5) is 11.0. The van der Waals surface area contributed by atoms with E-state index < -0.39 is 12.0 Å². The number of hydrogen-bond acceptors (Lipinski definition) is 4. The number of carbonyl (C=O) groups is 1. The molecule has 0 spiro atoms. The van der Waals surface area contributed by atoms with Crippen LogP contribution in [-0.4, -0.2) is 18.2 Å². The molecule has 0 bridgehead atoms. The highest BCUT2D eigenvalue weighted by atomic mass is 35.5. The number of ether oxygens (including phenoxy) is 1. The van der Waals surface area contributed by atoms with Gasteiger partial charge in [0, 0.05) is 11.6 Å².